The molecule has 3 heterocycles. The van der Waals surface area contributed by atoms with Crippen molar-refractivity contribution in [2.24, 2.45) is 0 Å². The lowest BCUT2D eigenvalue weighted by molar-refractivity contribution is 0.101. The first-order valence-corrected chi connectivity index (χ1v) is 11.5. The zero-order valence-electron chi connectivity index (χ0n) is 17.1. The average Bonchev–Trinajstić information content (AvgIpc) is 3.56. The van der Waals surface area contributed by atoms with Gasteiger partial charge in [-0.1, -0.05) is 36.8 Å². The number of benzene rings is 1. The minimum absolute atomic E-state index is 0.133. The lowest BCUT2D eigenvalue weighted by atomic mass is 9.87. The van der Waals surface area contributed by atoms with Crippen molar-refractivity contribution in [2.75, 3.05) is 5.32 Å². The number of aromatic nitrogens is 3. The maximum Gasteiger partial charge on any atom is 0.274 e. The van der Waals surface area contributed by atoms with E-state index in [1.165, 1.54) is 29.7 Å². The van der Waals surface area contributed by atoms with Crippen molar-refractivity contribution in [1.29, 1.82) is 0 Å². The van der Waals surface area contributed by atoms with Gasteiger partial charge in [-0.3, -0.25) is 15.1 Å². The normalized spacial score (nSPS) is 18.2. The van der Waals surface area contributed by atoms with Crippen LogP contribution in [-0.2, 0) is 6.54 Å². The van der Waals surface area contributed by atoms with Crippen LogP contribution in [0.1, 0.15) is 58.4 Å². The first kappa shape index (κ1) is 19.7. The highest BCUT2D eigenvalue weighted by molar-refractivity contribution is 7.14. The summed E-state index contributed by atoms with van der Waals surface area (Å²) in [4.78, 5) is 21.8. The highest BCUT2D eigenvalue weighted by Crippen LogP contribution is 2.46. The molecule has 1 amide bonds. The number of anilines is 1. The molecule has 1 aromatic carbocycles. The fourth-order valence-corrected chi connectivity index (χ4v) is 5.30. The monoisotopic (exact) mass is 428 g/mol. The molecular weight excluding hydrogens is 404 g/mol. The summed E-state index contributed by atoms with van der Waals surface area (Å²) in [6.45, 7) is 0.627. The van der Waals surface area contributed by atoms with Gasteiger partial charge in [0, 0.05) is 36.4 Å². The smallest absolute Gasteiger partial charge is 0.274 e. The molecule has 0 unspecified atom stereocenters. The summed E-state index contributed by atoms with van der Waals surface area (Å²) < 4.78 is 1.95. The molecule has 2 atom stereocenters. The van der Waals surface area contributed by atoms with E-state index in [4.69, 9.17) is 4.98 Å². The van der Waals surface area contributed by atoms with E-state index in [0.29, 0.717) is 29.2 Å². The molecule has 3 aromatic heterocycles. The molecule has 31 heavy (non-hydrogen) atoms. The summed E-state index contributed by atoms with van der Waals surface area (Å²) in [5.41, 5.74) is 4.21. The second-order valence-electron chi connectivity index (χ2n) is 7.96. The minimum atomic E-state index is -0.133. The van der Waals surface area contributed by atoms with Crippen LogP contribution in [0.2, 0.25) is 0 Å². The molecule has 5 rings (SSSR count). The highest BCUT2D eigenvalue weighted by atomic mass is 32.1. The number of amides is 1. The van der Waals surface area contributed by atoms with Gasteiger partial charge < -0.3 is 4.57 Å². The summed E-state index contributed by atoms with van der Waals surface area (Å²) in [6, 6.07) is 18.4. The van der Waals surface area contributed by atoms with E-state index in [0.717, 1.165) is 17.7 Å². The number of carbonyl (C=O) groups is 1. The summed E-state index contributed by atoms with van der Waals surface area (Å²) in [5, 5.41) is 5.78. The fraction of sp³-hybridized carbons (Fsp3) is 0.240. The molecule has 0 saturated heterocycles. The van der Waals surface area contributed by atoms with E-state index in [2.05, 4.69) is 46.0 Å². The second kappa shape index (κ2) is 8.86. The van der Waals surface area contributed by atoms with Crippen LogP contribution in [0, 0.1) is 0 Å². The van der Waals surface area contributed by atoms with Gasteiger partial charge in [-0.2, -0.15) is 0 Å². The van der Waals surface area contributed by atoms with Crippen LogP contribution >= 0.6 is 11.3 Å². The molecule has 4 aromatic rings. The maximum atomic E-state index is 12.9. The molecule has 156 valence electrons. The molecule has 1 N–H and O–H groups in total. The topological polar surface area (TPSA) is 59.8 Å². The van der Waals surface area contributed by atoms with Crippen LogP contribution in [0.3, 0.4) is 0 Å². The van der Waals surface area contributed by atoms with Gasteiger partial charge in [0.1, 0.15) is 5.69 Å². The van der Waals surface area contributed by atoms with Crippen molar-refractivity contribution < 1.29 is 4.79 Å². The number of nitrogens with one attached hydrogen (secondary N) is 1. The van der Waals surface area contributed by atoms with Crippen LogP contribution in [0.25, 0.3) is 0 Å². The van der Waals surface area contributed by atoms with E-state index in [-0.39, 0.29) is 5.91 Å². The van der Waals surface area contributed by atoms with Gasteiger partial charge in [-0.15, -0.1) is 11.3 Å². The van der Waals surface area contributed by atoms with Crippen molar-refractivity contribution >= 4 is 22.4 Å². The van der Waals surface area contributed by atoms with Gasteiger partial charge in [0.15, 0.2) is 5.13 Å². The Balaban J connectivity index is 1.29. The van der Waals surface area contributed by atoms with Crippen LogP contribution in [0.4, 0.5) is 5.13 Å². The zero-order valence-corrected chi connectivity index (χ0v) is 18.0. The molecule has 0 aliphatic heterocycles. The quantitative estimate of drug-likeness (QED) is 0.429. The second-order valence-corrected chi connectivity index (χ2v) is 8.82. The first-order chi connectivity index (χ1) is 15.3. The Labute approximate surface area is 185 Å². The number of pyridine rings is 1. The molecule has 1 saturated carbocycles. The van der Waals surface area contributed by atoms with E-state index in [1.54, 1.807) is 12.4 Å². The van der Waals surface area contributed by atoms with Crippen LogP contribution in [0.5, 0.6) is 0 Å². The Morgan fingerprint density at radius 3 is 2.68 bits per heavy atom. The third-order valence-electron chi connectivity index (χ3n) is 6.03. The lowest BCUT2D eigenvalue weighted by Crippen LogP contribution is -2.17. The molecule has 0 spiro atoms. The minimum Gasteiger partial charge on any atom is -0.339 e. The van der Waals surface area contributed by atoms with Crippen molar-refractivity contribution in [1.82, 2.24) is 14.5 Å². The van der Waals surface area contributed by atoms with Crippen molar-refractivity contribution in [3.8, 4) is 0 Å². The summed E-state index contributed by atoms with van der Waals surface area (Å²) >= 11 is 1.51. The van der Waals surface area contributed by atoms with Gasteiger partial charge in [0.25, 0.3) is 5.91 Å². The molecule has 0 bridgehead atoms. The predicted octanol–water partition coefficient (Wildman–Crippen LogP) is 5.69. The summed E-state index contributed by atoms with van der Waals surface area (Å²) in [7, 11) is 0. The first-order valence-electron chi connectivity index (χ1n) is 10.6. The number of nitrogens with zero attached hydrogens (tertiary/aromatic N) is 3. The molecule has 1 aliphatic carbocycles. The van der Waals surface area contributed by atoms with E-state index >= 15 is 0 Å². The molecule has 1 aliphatic rings. The SMILES string of the molecule is O=C(Nc1nc([C@@H]2CCC[C@H]2c2ccccc2)cs1)c1cccn1Cc1ccncc1. The van der Waals surface area contributed by atoms with Gasteiger partial charge in [-0.05, 0) is 54.2 Å². The third kappa shape index (κ3) is 4.30. The number of rotatable bonds is 6. The number of hydrogen-bond acceptors (Lipinski definition) is 4. The fourth-order valence-electron chi connectivity index (χ4n) is 4.53. The van der Waals surface area contributed by atoms with E-state index in [9.17, 15) is 4.79 Å². The average molecular weight is 429 g/mol. The molecule has 6 heteroatoms. The molecular formula is C25H24N4OS. The number of hydrogen-bond donors (Lipinski definition) is 1. The van der Waals surface area contributed by atoms with Gasteiger partial charge in [-0.25, -0.2) is 4.98 Å². The Bertz CT molecular complexity index is 1150. The van der Waals surface area contributed by atoms with Crippen molar-refractivity contribution in [3.05, 3.63) is 101 Å². The van der Waals surface area contributed by atoms with Gasteiger partial charge in [0.2, 0.25) is 0 Å². The largest absolute Gasteiger partial charge is 0.339 e. The third-order valence-corrected chi connectivity index (χ3v) is 6.81. The number of carbonyl (C=O) groups excluding carboxylic acids is 1. The lowest BCUT2D eigenvalue weighted by Gasteiger charge is -2.18. The molecule has 5 nitrogen and oxygen atoms in total. The van der Waals surface area contributed by atoms with Crippen molar-refractivity contribution in [2.45, 2.75) is 37.6 Å². The Morgan fingerprint density at radius 1 is 1.03 bits per heavy atom. The molecule has 0 radical (unpaired) electrons. The zero-order chi connectivity index (χ0) is 21.0. The summed E-state index contributed by atoms with van der Waals surface area (Å²) in [5.74, 6) is 0.787. The van der Waals surface area contributed by atoms with Crippen LogP contribution in [-0.4, -0.2) is 20.4 Å². The van der Waals surface area contributed by atoms with E-state index in [1.807, 2.05) is 35.0 Å². The Morgan fingerprint density at radius 2 is 1.84 bits per heavy atom. The van der Waals surface area contributed by atoms with Gasteiger partial charge in [0.05, 0.1) is 5.69 Å². The van der Waals surface area contributed by atoms with E-state index < -0.39 is 0 Å². The number of thiazole rings is 1. The van der Waals surface area contributed by atoms with Gasteiger partial charge >= 0.3 is 0 Å². The standard InChI is InChI=1S/C25H24N4OS/c30-24(23-10-5-15-29(23)16-18-11-13-26-14-12-18)28-25-27-22(17-31-25)21-9-4-8-20(21)19-6-2-1-3-7-19/h1-3,5-7,10-15,17,20-21H,4,8-9,16H2,(H,27,28,30)/t20-,21+/m0/s1. The predicted molar refractivity (Wildman–Crippen MR) is 124 cm³/mol. The summed E-state index contributed by atoms with van der Waals surface area (Å²) in [6.07, 6.45) is 9.00. The van der Waals surface area contributed by atoms with Crippen LogP contribution in [0.15, 0.2) is 78.6 Å². The Kier molecular flexibility index (Phi) is 5.63. The molecule has 1 fully saturated rings. The highest BCUT2D eigenvalue weighted by Gasteiger charge is 2.31. The van der Waals surface area contributed by atoms with Crippen molar-refractivity contribution in [3.63, 3.8) is 0 Å². The van der Waals surface area contributed by atoms with Crippen LogP contribution < -0.4 is 5.32 Å². The maximum absolute atomic E-state index is 12.9. The Hall–Kier alpha value is -3.25.